The molecule has 0 spiro atoms. The van der Waals surface area contributed by atoms with E-state index in [1.165, 1.54) is 52.5 Å². The molecule has 0 unspecified atom stereocenters. The van der Waals surface area contributed by atoms with Crippen LogP contribution in [0.1, 0.15) is 78.2 Å². The van der Waals surface area contributed by atoms with Gasteiger partial charge in [-0.25, -0.2) is 0 Å². The molecule has 1 aromatic rings. The molecule has 6 rings (SSSR count). The molecular formula is C41H54N4O11. The molecule has 5 bridgehead atoms. The quantitative estimate of drug-likeness (QED) is 0.280. The van der Waals surface area contributed by atoms with Crippen LogP contribution in [0.2, 0.25) is 0 Å². The summed E-state index contributed by atoms with van der Waals surface area (Å²) in [4.78, 5) is 59.0. The average molecular weight is 779 g/mol. The molecule has 15 heteroatoms. The number of amides is 1. The Balaban J connectivity index is 1.65. The van der Waals surface area contributed by atoms with E-state index in [2.05, 4.69) is 15.3 Å². The number of phenolic OH excluding ortho intramolecular Hbond substituents is 1. The lowest BCUT2D eigenvalue weighted by Crippen LogP contribution is -2.45. The summed E-state index contributed by atoms with van der Waals surface area (Å²) in [5.41, 5.74) is -1.73. The highest BCUT2D eigenvalue weighted by atomic mass is 16.7. The van der Waals surface area contributed by atoms with Crippen molar-refractivity contribution in [2.75, 3.05) is 40.3 Å². The fraction of sp³-hybridized carbons (Fsp3) is 0.537. The number of methoxy groups -OCH3 is 1. The van der Waals surface area contributed by atoms with Crippen LogP contribution in [0.4, 0.5) is 0 Å². The lowest BCUT2D eigenvalue weighted by Gasteiger charge is -2.36. The smallest absolute Gasteiger partial charge is 0.312 e. The van der Waals surface area contributed by atoms with Gasteiger partial charge in [-0.15, -0.1) is 0 Å². The van der Waals surface area contributed by atoms with Gasteiger partial charge in [0, 0.05) is 75.0 Å². The second kappa shape index (κ2) is 16.8. The van der Waals surface area contributed by atoms with Gasteiger partial charge in [0.2, 0.25) is 5.78 Å². The predicted octanol–water partition coefficient (Wildman–Crippen LogP) is 2.66. The monoisotopic (exact) mass is 778 g/mol. The molecule has 5 aliphatic rings. The number of carbonyl (C=O) groups excluding carboxylic acids is 4. The number of fused-ring (bicyclic) bond motifs is 14. The zero-order valence-electron chi connectivity index (χ0n) is 33.4. The van der Waals surface area contributed by atoms with E-state index >= 15 is 0 Å². The number of hydrogen-bond donors (Lipinski definition) is 5. The van der Waals surface area contributed by atoms with E-state index in [-0.39, 0.29) is 28.0 Å². The van der Waals surface area contributed by atoms with E-state index < -0.39 is 99.7 Å². The lowest BCUT2D eigenvalue weighted by molar-refractivity contribution is -0.116. The largest absolute Gasteiger partial charge is 0.507 e. The Morgan fingerprint density at radius 3 is 2.16 bits per heavy atom. The fourth-order valence-corrected chi connectivity index (χ4v) is 7.50. The van der Waals surface area contributed by atoms with Crippen molar-refractivity contribution in [3.8, 4) is 11.5 Å². The van der Waals surface area contributed by atoms with E-state index in [1.54, 1.807) is 44.9 Å². The molecule has 1 fully saturated rings. The number of hydrazone groups is 1. The normalized spacial score (nSPS) is 34.6. The Kier molecular flexibility index (Phi) is 12.8. The topological polar surface area (TPSA) is 208 Å². The SMILES string of the molecule is CO[C@H]1/C=C/O[C@@]2(C)Oc3c(C)c(O)c4c(c3C2=O)C(=O)C(/C=N\N2CCN(C)CC2)=C(NC(=O)/C(C)=C/C=C/[C@H](C)[C@H](O)[C@@H](C)[C@@H](O)[C@@H](C)[C@H](O)[C@@H]1C)C4=O. The van der Waals surface area contributed by atoms with Gasteiger partial charge in [-0.05, 0) is 27.0 Å². The summed E-state index contributed by atoms with van der Waals surface area (Å²) >= 11 is 0. The van der Waals surface area contributed by atoms with E-state index in [9.17, 15) is 39.6 Å². The number of aliphatic hydroxyl groups excluding tert-OH is 3. The zero-order valence-corrected chi connectivity index (χ0v) is 33.4. The van der Waals surface area contributed by atoms with Gasteiger partial charge >= 0.3 is 5.79 Å². The Morgan fingerprint density at radius 1 is 0.893 bits per heavy atom. The first kappa shape index (κ1) is 42.5. The maximum atomic E-state index is 14.6. The van der Waals surface area contributed by atoms with Crippen molar-refractivity contribution in [2.24, 2.45) is 28.8 Å². The van der Waals surface area contributed by atoms with Gasteiger partial charge in [0.05, 0.1) is 59.2 Å². The molecule has 56 heavy (non-hydrogen) atoms. The number of phenols is 1. The number of benzene rings is 1. The highest BCUT2D eigenvalue weighted by molar-refractivity contribution is 6.37. The van der Waals surface area contributed by atoms with E-state index in [1.807, 2.05) is 7.05 Å². The maximum Gasteiger partial charge on any atom is 0.312 e. The molecule has 0 radical (unpaired) electrons. The first-order valence-corrected chi connectivity index (χ1v) is 18.9. The molecule has 4 heterocycles. The molecule has 1 aromatic carbocycles. The Labute approximate surface area is 327 Å². The second-order valence-electron chi connectivity index (χ2n) is 15.5. The van der Waals surface area contributed by atoms with Gasteiger partial charge in [-0.1, -0.05) is 45.9 Å². The number of rotatable bonds is 3. The van der Waals surface area contributed by atoms with Gasteiger partial charge in [0.15, 0.2) is 5.78 Å². The summed E-state index contributed by atoms with van der Waals surface area (Å²) < 4.78 is 17.6. The zero-order chi connectivity index (χ0) is 41.4. The predicted molar refractivity (Wildman–Crippen MR) is 206 cm³/mol. The molecule has 1 saturated heterocycles. The molecular weight excluding hydrogens is 724 g/mol. The number of carbonyl (C=O) groups is 4. The first-order valence-electron chi connectivity index (χ1n) is 18.9. The number of hydrogen-bond acceptors (Lipinski definition) is 14. The third kappa shape index (κ3) is 7.96. The van der Waals surface area contributed by atoms with Crippen molar-refractivity contribution < 1.29 is 53.8 Å². The highest BCUT2D eigenvalue weighted by Gasteiger charge is 2.52. The van der Waals surface area contributed by atoms with Gasteiger partial charge in [0.25, 0.3) is 11.7 Å². The highest BCUT2D eigenvalue weighted by Crippen LogP contribution is 2.48. The number of allylic oxidation sites excluding steroid dienone is 4. The number of aromatic hydroxyl groups is 1. The number of ketones is 3. The number of Topliss-reactive ketones (excluding diaryl/α,β-unsaturated/α-hetero) is 3. The van der Waals surface area contributed by atoms with Crippen LogP contribution >= 0.6 is 0 Å². The molecule has 5 N–H and O–H groups in total. The van der Waals surface area contributed by atoms with Crippen molar-refractivity contribution in [1.29, 1.82) is 0 Å². The fourth-order valence-electron chi connectivity index (χ4n) is 7.50. The van der Waals surface area contributed by atoms with E-state index in [0.29, 0.717) is 26.2 Å². The van der Waals surface area contributed by atoms with Crippen LogP contribution in [0.15, 0.2) is 52.5 Å². The van der Waals surface area contributed by atoms with Gasteiger partial charge < -0.3 is 44.9 Å². The summed E-state index contributed by atoms with van der Waals surface area (Å²) in [7, 11) is 3.39. The van der Waals surface area contributed by atoms with Crippen molar-refractivity contribution in [3.05, 3.63) is 69.7 Å². The van der Waals surface area contributed by atoms with Gasteiger partial charge in [-0.2, -0.15) is 5.10 Å². The van der Waals surface area contributed by atoms with Crippen LogP contribution in [0, 0.1) is 30.6 Å². The van der Waals surface area contributed by atoms with Crippen LogP contribution in [-0.2, 0) is 14.3 Å². The van der Waals surface area contributed by atoms with E-state index in [4.69, 9.17) is 14.2 Å². The molecule has 1 amide bonds. The summed E-state index contributed by atoms with van der Waals surface area (Å²) in [6.07, 6.45) is 4.49. The average Bonchev–Trinajstić information content (AvgIpc) is 3.44. The summed E-state index contributed by atoms with van der Waals surface area (Å²) in [6.45, 7) is 13.5. The molecule has 4 aliphatic heterocycles. The molecule has 0 aromatic heterocycles. The van der Waals surface area contributed by atoms with Crippen LogP contribution < -0.4 is 10.1 Å². The summed E-state index contributed by atoms with van der Waals surface area (Å²) in [5.74, 6) is -8.58. The van der Waals surface area contributed by atoms with Crippen molar-refractivity contribution >= 4 is 29.5 Å². The molecule has 0 saturated carbocycles. The molecule has 15 nitrogen and oxygen atoms in total. The van der Waals surface area contributed by atoms with Crippen LogP contribution in [0.5, 0.6) is 11.5 Å². The number of likely N-dealkylation sites (N-methyl/N-ethyl adjacent to an activating group) is 1. The Bertz CT molecular complexity index is 1910. The first-order chi connectivity index (χ1) is 26.3. The van der Waals surface area contributed by atoms with E-state index in [0.717, 1.165) is 0 Å². The third-order valence-electron chi connectivity index (χ3n) is 11.6. The van der Waals surface area contributed by atoms with Gasteiger partial charge in [-0.3, -0.25) is 24.2 Å². The van der Waals surface area contributed by atoms with Crippen molar-refractivity contribution in [3.63, 3.8) is 0 Å². The number of piperazine rings is 1. The minimum absolute atomic E-state index is 0.00103. The third-order valence-corrected chi connectivity index (χ3v) is 11.6. The number of aliphatic hydroxyl groups is 3. The standard InChI is InChI=1S/C41H54N4O11/c1-20-11-10-12-21(2)40(53)43-31-26(19-42-45-16-14-44(8)15-17-45)36(50)28-29(37(31)51)35(49)25(6)38-30(28)39(52)41(7,56-38)55-18-13-27(54-9)22(3)33(47)24(5)34(48)23(4)32(20)46/h10-13,18-20,22-24,27,32-34,46-49H,14-17H2,1-9H3,(H,43,53)/b11-10+,18-13+,21-12+,42-19-/t20-,22+,23+,24-,27-,32-,33+,34+,41-/m0/s1. The number of nitrogens with one attached hydrogen (secondary N) is 1. The minimum Gasteiger partial charge on any atom is -0.507 e. The van der Waals surface area contributed by atoms with Crippen molar-refractivity contribution in [2.45, 2.75) is 78.7 Å². The maximum absolute atomic E-state index is 14.6. The van der Waals surface area contributed by atoms with Crippen LogP contribution in [0.25, 0.3) is 0 Å². The molecule has 304 valence electrons. The van der Waals surface area contributed by atoms with Crippen LogP contribution in [-0.4, -0.2) is 130 Å². The molecule has 1 aliphatic carbocycles. The van der Waals surface area contributed by atoms with Crippen LogP contribution in [0.3, 0.4) is 0 Å². The second-order valence-corrected chi connectivity index (χ2v) is 15.5. The summed E-state index contributed by atoms with van der Waals surface area (Å²) in [5, 5.41) is 54.0. The summed E-state index contributed by atoms with van der Waals surface area (Å²) in [6, 6.07) is 0. The van der Waals surface area contributed by atoms with Crippen molar-refractivity contribution in [1.82, 2.24) is 15.2 Å². The number of nitrogens with zero attached hydrogens (tertiary/aromatic N) is 3. The minimum atomic E-state index is -2.06. The lowest BCUT2D eigenvalue weighted by atomic mass is 9.78. The molecule has 9 atom stereocenters. The number of ether oxygens (including phenoxy) is 3. The van der Waals surface area contributed by atoms with Gasteiger partial charge in [0.1, 0.15) is 17.2 Å². The Hall–Kier alpha value is -4.67. The Morgan fingerprint density at radius 2 is 1.52 bits per heavy atom.